The van der Waals surface area contributed by atoms with E-state index in [0.29, 0.717) is 0 Å². The zero-order chi connectivity index (χ0) is 22.1. The van der Waals surface area contributed by atoms with Crippen LogP contribution in [0.5, 0.6) is 0 Å². The molecule has 5 nitrogen and oxygen atoms in total. The van der Waals surface area contributed by atoms with Crippen LogP contribution in [0, 0.1) is 5.92 Å². The van der Waals surface area contributed by atoms with E-state index in [1.807, 2.05) is 62.4 Å². The molecule has 0 fully saturated rings. The summed E-state index contributed by atoms with van der Waals surface area (Å²) < 4.78 is 11.0. The van der Waals surface area contributed by atoms with Crippen molar-refractivity contribution >= 4 is 20.1 Å². The molecule has 2 atom stereocenters. The number of rotatable bonds is 9. The highest BCUT2D eigenvalue weighted by Gasteiger charge is 2.31. The molecular formula is C24H33NO4Si. The summed E-state index contributed by atoms with van der Waals surface area (Å²) in [6.07, 6.45) is -0.593. The van der Waals surface area contributed by atoms with Crippen molar-refractivity contribution in [2.75, 3.05) is 6.61 Å². The lowest BCUT2D eigenvalue weighted by atomic mass is 10.1. The van der Waals surface area contributed by atoms with Gasteiger partial charge in [0.1, 0.15) is 12.6 Å². The number of amides is 1. The fraction of sp³-hybridized carbons (Fsp3) is 0.417. The fourth-order valence-corrected chi connectivity index (χ4v) is 4.95. The van der Waals surface area contributed by atoms with Crippen LogP contribution in [0.4, 0.5) is 4.79 Å². The van der Waals surface area contributed by atoms with Gasteiger partial charge in [-0.05, 0) is 17.0 Å². The van der Waals surface area contributed by atoms with Crippen LogP contribution >= 0.6 is 0 Å². The minimum Gasteiger partial charge on any atom is -0.459 e. The van der Waals surface area contributed by atoms with Crippen LogP contribution < -0.4 is 5.32 Å². The lowest BCUT2D eigenvalue weighted by Gasteiger charge is -2.29. The highest BCUT2D eigenvalue weighted by Crippen LogP contribution is 2.27. The summed E-state index contributed by atoms with van der Waals surface area (Å²) in [5, 5.41) is 2.69. The molecule has 0 aromatic heterocycles. The van der Waals surface area contributed by atoms with E-state index in [1.54, 1.807) is 0 Å². The molecule has 30 heavy (non-hydrogen) atoms. The van der Waals surface area contributed by atoms with Crippen LogP contribution in [-0.2, 0) is 20.9 Å². The van der Waals surface area contributed by atoms with Gasteiger partial charge in [-0.25, -0.2) is 9.59 Å². The van der Waals surface area contributed by atoms with Gasteiger partial charge in [-0.3, -0.25) is 0 Å². The molecule has 0 heterocycles. The Labute approximate surface area is 180 Å². The molecule has 0 aliphatic rings. The van der Waals surface area contributed by atoms with Crippen LogP contribution in [0.2, 0.25) is 19.6 Å². The molecule has 0 aliphatic carbocycles. The number of hydrogen-bond donors (Lipinski definition) is 1. The van der Waals surface area contributed by atoms with E-state index in [2.05, 4.69) is 37.1 Å². The highest BCUT2D eigenvalue weighted by molar-refractivity contribution is 6.77. The number of esters is 1. The van der Waals surface area contributed by atoms with Gasteiger partial charge in [0.2, 0.25) is 0 Å². The van der Waals surface area contributed by atoms with Crippen molar-refractivity contribution in [3.63, 3.8) is 0 Å². The summed E-state index contributed by atoms with van der Waals surface area (Å²) in [7, 11) is -1.62. The smallest absolute Gasteiger partial charge is 0.407 e. The van der Waals surface area contributed by atoms with Gasteiger partial charge in [0.25, 0.3) is 0 Å². The molecule has 162 valence electrons. The number of hydrogen-bond acceptors (Lipinski definition) is 4. The van der Waals surface area contributed by atoms with Gasteiger partial charge < -0.3 is 14.8 Å². The Morgan fingerprint density at radius 1 is 0.900 bits per heavy atom. The highest BCUT2D eigenvalue weighted by atomic mass is 28.3. The SMILES string of the molecule is CC(C)[C@H](NC(=O)OCC(c1ccccc1)[Si](C)(C)C)C(=O)OCc1ccccc1. The lowest BCUT2D eigenvalue weighted by molar-refractivity contribution is -0.148. The van der Waals surface area contributed by atoms with Crippen molar-refractivity contribution in [3.8, 4) is 0 Å². The Kier molecular flexibility index (Phi) is 8.66. The lowest BCUT2D eigenvalue weighted by Crippen LogP contribution is -2.46. The van der Waals surface area contributed by atoms with E-state index in [9.17, 15) is 9.59 Å². The summed E-state index contributed by atoms with van der Waals surface area (Å²) in [6, 6.07) is 18.8. The Hall–Kier alpha value is -2.60. The summed E-state index contributed by atoms with van der Waals surface area (Å²) in [6.45, 7) is 10.9. The second kappa shape index (κ2) is 11.0. The van der Waals surface area contributed by atoms with Gasteiger partial charge in [-0.15, -0.1) is 0 Å². The quantitative estimate of drug-likeness (QED) is 0.444. The van der Waals surface area contributed by atoms with E-state index in [1.165, 1.54) is 5.56 Å². The van der Waals surface area contributed by atoms with Crippen LogP contribution in [0.1, 0.15) is 30.5 Å². The van der Waals surface area contributed by atoms with E-state index in [0.717, 1.165) is 5.56 Å². The van der Waals surface area contributed by atoms with Crippen molar-refractivity contribution in [2.24, 2.45) is 5.92 Å². The molecule has 0 spiro atoms. The Bertz CT molecular complexity index is 803. The number of alkyl carbamates (subject to hydrolysis) is 1. The maximum Gasteiger partial charge on any atom is 0.407 e. The topological polar surface area (TPSA) is 64.6 Å². The molecule has 0 aliphatic heterocycles. The monoisotopic (exact) mass is 427 g/mol. The summed E-state index contributed by atoms with van der Waals surface area (Å²) in [5.41, 5.74) is 2.25. The Morgan fingerprint density at radius 3 is 2.00 bits per heavy atom. The molecule has 2 aromatic carbocycles. The molecule has 1 amide bonds. The van der Waals surface area contributed by atoms with Crippen molar-refractivity contribution in [3.05, 3.63) is 71.8 Å². The minimum absolute atomic E-state index is 0.122. The first-order valence-corrected chi connectivity index (χ1v) is 13.9. The summed E-state index contributed by atoms with van der Waals surface area (Å²) in [5.74, 6) is -0.585. The number of benzene rings is 2. The van der Waals surface area contributed by atoms with Crippen molar-refractivity contribution in [2.45, 2.75) is 51.7 Å². The zero-order valence-electron chi connectivity index (χ0n) is 18.6. The second-order valence-electron chi connectivity index (χ2n) is 8.89. The maximum atomic E-state index is 12.5. The van der Waals surface area contributed by atoms with Crippen molar-refractivity contribution in [1.29, 1.82) is 0 Å². The third-order valence-corrected chi connectivity index (χ3v) is 7.64. The first-order chi connectivity index (χ1) is 14.2. The molecule has 0 radical (unpaired) electrons. The maximum absolute atomic E-state index is 12.5. The molecule has 1 unspecified atom stereocenters. The molecule has 6 heteroatoms. The Balaban J connectivity index is 1.94. The van der Waals surface area contributed by atoms with Gasteiger partial charge >= 0.3 is 12.1 Å². The first-order valence-electron chi connectivity index (χ1n) is 10.4. The summed E-state index contributed by atoms with van der Waals surface area (Å²) in [4.78, 5) is 25.0. The molecule has 0 saturated carbocycles. The largest absolute Gasteiger partial charge is 0.459 e. The van der Waals surface area contributed by atoms with E-state index in [-0.39, 0.29) is 24.7 Å². The third kappa shape index (κ3) is 7.33. The van der Waals surface area contributed by atoms with Crippen LogP contribution in [0.15, 0.2) is 60.7 Å². The van der Waals surface area contributed by atoms with Crippen LogP contribution in [0.25, 0.3) is 0 Å². The number of carbonyl (C=O) groups excluding carboxylic acids is 2. The normalized spacial score (nSPS) is 13.4. The summed E-state index contributed by atoms with van der Waals surface area (Å²) >= 11 is 0. The Morgan fingerprint density at radius 2 is 1.47 bits per heavy atom. The van der Waals surface area contributed by atoms with Crippen molar-refractivity contribution in [1.82, 2.24) is 5.32 Å². The van der Waals surface area contributed by atoms with E-state index >= 15 is 0 Å². The predicted octanol–water partition coefficient (Wildman–Crippen LogP) is 5.14. The predicted molar refractivity (Wildman–Crippen MR) is 122 cm³/mol. The number of carbonyl (C=O) groups is 2. The molecule has 0 bridgehead atoms. The molecule has 2 rings (SSSR count). The van der Waals surface area contributed by atoms with Crippen molar-refractivity contribution < 1.29 is 19.1 Å². The number of nitrogens with one attached hydrogen (secondary N) is 1. The molecular weight excluding hydrogens is 394 g/mol. The van der Waals surface area contributed by atoms with Crippen LogP contribution in [-0.4, -0.2) is 32.8 Å². The van der Waals surface area contributed by atoms with E-state index in [4.69, 9.17) is 9.47 Å². The van der Waals surface area contributed by atoms with Gasteiger partial charge in [0, 0.05) is 5.54 Å². The van der Waals surface area contributed by atoms with Gasteiger partial charge in [0.05, 0.1) is 14.7 Å². The molecule has 1 N–H and O–H groups in total. The van der Waals surface area contributed by atoms with Gasteiger partial charge in [-0.2, -0.15) is 0 Å². The molecule has 0 saturated heterocycles. The van der Waals surface area contributed by atoms with E-state index < -0.39 is 26.2 Å². The average molecular weight is 428 g/mol. The van der Waals surface area contributed by atoms with Crippen LogP contribution in [0.3, 0.4) is 0 Å². The number of ether oxygens (including phenoxy) is 2. The van der Waals surface area contributed by atoms with Gasteiger partial charge in [-0.1, -0.05) is 94.2 Å². The van der Waals surface area contributed by atoms with Gasteiger partial charge in [0.15, 0.2) is 0 Å². The fourth-order valence-electron chi connectivity index (χ4n) is 3.18. The first kappa shape index (κ1) is 23.7. The average Bonchev–Trinajstić information content (AvgIpc) is 2.70. The second-order valence-corrected chi connectivity index (χ2v) is 14.3. The third-order valence-electron chi connectivity index (χ3n) is 5.05. The zero-order valence-corrected chi connectivity index (χ0v) is 19.6. The molecule has 2 aromatic rings. The minimum atomic E-state index is -1.62. The standard InChI is InChI=1S/C24H33NO4Si/c1-18(2)22(23(26)28-16-19-12-8-6-9-13-19)25-24(27)29-17-21(30(3,4)5)20-14-10-7-11-15-20/h6-15,18,21-22H,16-17H2,1-5H3,(H,25,27)/t21?,22-/m0/s1.